The molecule has 0 spiro atoms. The number of nitrogens with zero attached hydrogens (tertiary/aromatic N) is 1. The zero-order valence-corrected chi connectivity index (χ0v) is 10.5. The molecule has 3 rings (SSSR count). The minimum absolute atomic E-state index is 0.955. The Morgan fingerprint density at radius 3 is 2.81 bits per heavy atom. The largest absolute Gasteiger partial charge is 0.441 e. The van der Waals surface area contributed by atoms with Crippen molar-refractivity contribution in [1.29, 1.82) is 0 Å². The number of fused-ring (bicyclic) bond motifs is 1. The van der Waals surface area contributed by atoms with Crippen molar-refractivity contribution in [2.24, 2.45) is 0 Å². The van der Waals surface area contributed by atoms with Crippen molar-refractivity contribution in [2.45, 2.75) is 0 Å². The molecule has 1 aliphatic heterocycles. The Morgan fingerprint density at radius 1 is 1.19 bits per heavy atom. The Bertz CT molecular complexity index is 503. The van der Waals surface area contributed by atoms with Gasteiger partial charge in [0, 0.05) is 42.1 Å². The molecule has 1 aliphatic rings. The molecule has 0 saturated carbocycles. The number of rotatable bonds is 1. The molecule has 0 unspecified atom stereocenters. The summed E-state index contributed by atoms with van der Waals surface area (Å²) in [5.74, 6) is 0.981. The molecule has 1 aromatic carbocycles. The average Bonchev–Trinajstić information content (AvgIpc) is 2.73. The van der Waals surface area contributed by atoms with E-state index in [9.17, 15) is 0 Å². The second-order valence-corrected chi connectivity index (χ2v) is 4.92. The van der Waals surface area contributed by atoms with Gasteiger partial charge in [0.1, 0.15) is 5.58 Å². The van der Waals surface area contributed by atoms with E-state index in [0.29, 0.717) is 0 Å². The van der Waals surface area contributed by atoms with Crippen LogP contribution < -0.4 is 10.2 Å². The first kappa shape index (κ1) is 10.2. The molecule has 16 heavy (non-hydrogen) atoms. The van der Waals surface area contributed by atoms with Crippen LogP contribution >= 0.6 is 15.9 Å². The highest BCUT2D eigenvalue weighted by molar-refractivity contribution is 9.10. The normalized spacial score (nSPS) is 16.9. The Hall–Kier alpha value is -1.00. The Balaban J connectivity index is 1.97. The topological polar surface area (TPSA) is 28.4 Å². The maximum Gasteiger partial charge on any atom is 0.196 e. The first-order chi connectivity index (χ1) is 7.83. The van der Waals surface area contributed by atoms with Gasteiger partial charge in [0.15, 0.2) is 5.88 Å². The SMILES string of the molecule is Brc1ccc2oc(N3CCNCC3)cc2c1. The van der Waals surface area contributed by atoms with Gasteiger partial charge in [-0.1, -0.05) is 15.9 Å². The fourth-order valence-corrected chi connectivity index (χ4v) is 2.42. The van der Waals surface area contributed by atoms with Crippen molar-refractivity contribution in [2.75, 3.05) is 31.1 Å². The van der Waals surface area contributed by atoms with Gasteiger partial charge in [0.2, 0.25) is 0 Å². The van der Waals surface area contributed by atoms with E-state index >= 15 is 0 Å². The molecule has 1 N–H and O–H groups in total. The first-order valence-electron chi connectivity index (χ1n) is 5.48. The third-order valence-corrected chi connectivity index (χ3v) is 3.39. The molecule has 0 atom stereocenters. The van der Waals surface area contributed by atoms with Gasteiger partial charge >= 0.3 is 0 Å². The number of piperazine rings is 1. The number of hydrogen-bond acceptors (Lipinski definition) is 3. The molecule has 1 aromatic heterocycles. The van der Waals surface area contributed by atoms with Crippen LogP contribution in [0.2, 0.25) is 0 Å². The van der Waals surface area contributed by atoms with Crippen molar-refractivity contribution < 1.29 is 4.42 Å². The third kappa shape index (κ3) is 1.83. The first-order valence-corrected chi connectivity index (χ1v) is 6.27. The zero-order valence-electron chi connectivity index (χ0n) is 8.87. The minimum Gasteiger partial charge on any atom is -0.441 e. The molecular formula is C12H13BrN2O. The van der Waals surface area contributed by atoms with Gasteiger partial charge in [-0.15, -0.1) is 0 Å². The average molecular weight is 281 g/mol. The molecule has 2 aromatic rings. The van der Waals surface area contributed by atoms with Crippen LogP contribution in [0.15, 0.2) is 33.2 Å². The fraction of sp³-hybridized carbons (Fsp3) is 0.333. The molecule has 1 fully saturated rings. The number of halogens is 1. The molecule has 0 aliphatic carbocycles. The summed E-state index contributed by atoms with van der Waals surface area (Å²) >= 11 is 3.47. The molecular weight excluding hydrogens is 268 g/mol. The molecule has 4 heteroatoms. The summed E-state index contributed by atoms with van der Waals surface area (Å²) in [7, 11) is 0. The van der Waals surface area contributed by atoms with Crippen LogP contribution in [0, 0.1) is 0 Å². The van der Waals surface area contributed by atoms with Gasteiger partial charge < -0.3 is 14.6 Å². The van der Waals surface area contributed by atoms with E-state index in [0.717, 1.165) is 47.5 Å². The lowest BCUT2D eigenvalue weighted by molar-refractivity contribution is 0.527. The highest BCUT2D eigenvalue weighted by Crippen LogP contribution is 2.28. The summed E-state index contributed by atoms with van der Waals surface area (Å²) in [5, 5.41) is 4.49. The van der Waals surface area contributed by atoms with Gasteiger partial charge in [-0.25, -0.2) is 0 Å². The maximum atomic E-state index is 5.84. The van der Waals surface area contributed by atoms with Crippen molar-refractivity contribution >= 4 is 32.8 Å². The summed E-state index contributed by atoms with van der Waals surface area (Å²) in [4.78, 5) is 2.28. The number of benzene rings is 1. The number of furan rings is 1. The molecule has 0 bridgehead atoms. The van der Waals surface area contributed by atoms with Crippen LogP contribution in [-0.2, 0) is 0 Å². The van der Waals surface area contributed by atoms with Crippen LogP contribution in [-0.4, -0.2) is 26.2 Å². The summed E-state index contributed by atoms with van der Waals surface area (Å²) in [6.45, 7) is 4.09. The predicted molar refractivity (Wildman–Crippen MR) is 69.0 cm³/mol. The summed E-state index contributed by atoms with van der Waals surface area (Å²) in [5.41, 5.74) is 0.955. The van der Waals surface area contributed by atoms with Gasteiger partial charge in [-0.3, -0.25) is 0 Å². The highest BCUT2D eigenvalue weighted by Gasteiger charge is 2.14. The standard InChI is InChI=1S/C12H13BrN2O/c13-10-1-2-11-9(7-10)8-12(16-11)15-5-3-14-4-6-15/h1-2,7-8,14H,3-6H2. The molecule has 3 nitrogen and oxygen atoms in total. The maximum absolute atomic E-state index is 5.84. The van der Waals surface area contributed by atoms with E-state index < -0.39 is 0 Å². The molecule has 0 radical (unpaired) electrons. The van der Waals surface area contributed by atoms with Crippen LogP contribution in [0.25, 0.3) is 11.0 Å². The molecule has 0 amide bonds. The Morgan fingerprint density at radius 2 is 2.00 bits per heavy atom. The molecule has 84 valence electrons. The van der Waals surface area contributed by atoms with Crippen molar-refractivity contribution in [1.82, 2.24) is 5.32 Å². The summed E-state index contributed by atoms with van der Waals surface area (Å²) in [6, 6.07) is 8.22. The number of anilines is 1. The van der Waals surface area contributed by atoms with E-state index in [1.54, 1.807) is 0 Å². The lowest BCUT2D eigenvalue weighted by Gasteiger charge is -2.26. The van der Waals surface area contributed by atoms with Gasteiger partial charge in [0.05, 0.1) is 0 Å². The van der Waals surface area contributed by atoms with Crippen LogP contribution in [0.5, 0.6) is 0 Å². The van der Waals surface area contributed by atoms with E-state index in [4.69, 9.17) is 4.42 Å². The van der Waals surface area contributed by atoms with Crippen molar-refractivity contribution in [3.8, 4) is 0 Å². The van der Waals surface area contributed by atoms with Crippen LogP contribution in [0.3, 0.4) is 0 Å². The second-order valence-electron chi connectivity index (χ2n) is 4.00. The lowest BCUT2D eigenvalue weighted by Crippen LogP contribution is -2.43. The van der Waals surface area contributed by atoms with E-state index in [-0.39, 0.29) is 0 Å². The van der Waals surface area contributed by atoms with Gasteiger partial charge in [-0.05, 0) is 18.2 Å². The molecule has 1 saturated heterocycles. The second kappa shape index (κ2) is 4.11. The third-order valence-electron chi connectivity index (χ3n) is 2.89. The fourth-order valence-electron chi connectivity index (χ4n) is 2.04. The number of nitrogens with one attached hydrogen (secondary N) is 1. The van der Waals surface area contributed by atoms with Crippen molar-refractivity contribution in [3.63, 3.8) is 0 Å². The molecule has 2 heterocycles. The predicted octanol–water partition coefficient (Wildman–Crippen LogP) is 2.60. The summed E-state index contributed by atoms with van der Waals surface area (Å²) < 4.78 is 6.93. The minimum atomic E-state index is 0.955. The van der Waals surface area contributed by atoms with Crippen LogP contribution in [0.4, 0.5) is 5.88 Å². The number of hydrogen-bond donors (Lipinski definition) is 1. The van der Waals surface area contributed by atoms with E-state index in [1.807, 2.05) is 12.1 Å². The quantitative estimate of drug-likeness (QED) is 0.871. The zero-order chi connectivity index (χ0) is 11.0. The van der Waals surface area contributed by atoms with E-state index in [2.05, 4.69) is 38.3 Å². The Kier molecular flexibility index (Phi) is 2.61. The lowest BCUT2D eigenvalue weighted by atomic mass is 10.2. The van der Waals surface area contributed by atoms with Crippen LogP contribution in [0.1, 0.15) is 0 Å². The van der Waals surface area contributed by atoms with Crippen molar-refractivity contribution in [3.05, 3.63) is 28.7 Å². The summed E-state index contributed by atoms with van der Waals surface area (Å²) in [6.07, 6.45) is 0. The van der Waals surface area contributed by atoms with Gasteiger partial charge in [0.25, 0.3) is 0 Å². The highest BCUT2D eigenvalue weighted by atomic mass is 79.9. The van der Waals surface area contributed by atoms with Gasteiger partial charge in [-0.2, -0.15) is 0 Å². The Labute approximate surface area is 103 Å². The van der Waals surface area contributed by atoms with E-state index in [1.165, 1.54) is 0 Å². The smallest absolute Gasteiger partial charge is 0.196 e. The monoisotopic (exact) mass is 280 g/mol.